The van der Waals surface area contributed by atoms with Crippen LogP contribution in [0.25, 0.3) is 0 Å². The molecule has 24 heavy (non-hydrogen) atoms. The van der Waals surface area contributed by atoms with Crippen LogP contribution in [0.4, 0.5) is 5.82 Å². The van der Waals surface area contributed by atoms with Crippen LogP contribution in [0.5, 0.6) is 11.5 Å². The number of pyridine rings is 1. The summed E-state index contributed by atoms with van der Waals surface area (Å²) in [6, 6.07) is 10.8. The zero-order chi connectivity index (χ0) is 17.2. The maximum atomic E-state index is 11.4. The lowest BCUT2D eigenvalue weighted by atomic mass is 10.2. The predicted octanol–water partition coefficient (Wildman–Crippen LogP) is 2.05. The number of anilines is 1. The SMILES string of the molecule is CCNC(=O)COc1ccc(C=NNc2ccccn2)cc1OC. The lowest BCUT2D eigenvalue weighted by Gasteiger charge is -2.11. The molecule has 0 aliphatic carbocycles. The molecule has 1 amide bonds. The molecule has 0 fully saturated rings. The van der Waals surface area contributed by atoms with Gasteiger partial charge in [-0.2, -0.15) is 5.10 Å². The van der Waals surface area contributed by atoms with Gasteiger partial charge in [0.1, 0.15) is 5.82 Å². The number of amides is 1. The molecule has 0 unspecified atom stereocenters. The molecule has 7 nitrogen and oxygen atoms in total. The van der Waals surface area contributed by atoms with Crippen LogP contribution in [-0.2, 0) is 4.79 Å². The van der Waals surface area contributed by atoms with Crippen molar-refractivity contribution in [1.82, 2.24) is 10.3 Å². The summed E-state index contributed by atoms with van der Waals surface area (Å²) in [4.78, 5) is 15.6. The molecule has 0 radical (unpaired) electrons. The Morgan fingerprint density at radius 1 is 1.29 bits per heavy atom. The van der Waals surface area contributed by atoms with E-state index in [4.69, 9.17) is 9.47 Å². The van der Waals surface area contributed by atoms with E-state index in [-0.39, 0.29) is 12.5 Å². The summed E-state index contributed by atoms with van der Waals surface area (Å²) in [5, 5.41) is 6.79. The second-order valence-corrected chi connectivity index (χ2v) is 4.74. The van der Waals surface area contributed by atoms with Gasteiger partial charge in [-0.15, -0.1) is 0 Å². The first-order valence-electron chi connectivity index (χ1n) is 7.50. The fraction of sp³-hybridized carbons (Fsp3) is 0.235. The Hall–Kier alpha value is -3.09. The van der Waals surface area contributed by atoms with E-state index < -0.39 is 0 Å². The Kier molecular flexibility index (Phi) is 6.58. The molecule has 1 aromatic heterocycles. The normalized spacial score (nSPS) is 10.4. The molecule has 0 atom stereocenters. The standard InChI is InChI=1S/C17H20N4O3/c1-3-18-17(22)12-24-14-8-7-13(10-15(14)23-2)11-20-21-16-6-4-5-9-19-16/h4-11H,3,12H2,1-2H3,(H,18,22)(H,19,21). The van der Waals surface area contributed by atoms with Gasteiger partial charge < -0.3 is 14.8 Å². The van der Waals surface area contributed by atoms with Crippen LogP contribution < -0.4 is 20.2 Å². The number of likely N-dealkylation sites (N-methyl/N-ethyl adjacent to an activating group) is 1. The minimum absolute atomic E-state index is 0.0567. The lowest BCUT2D eigenvalue weighted by Crippen LogP contribution is -2.28. The fourth-order valence-corrected chi connectivity index (χ4v) is 1.88. The van der Waals surface area contributed by atoms with E-state index >= 15 is 0 Å². The van der Waals surface area contributed by atoms with Crippen molar-refractivity contribution >= 4 is 17.9 Å². The topological polar surface area (TPSA) is 84.8 Å². The summed E-state index contributed by atoms with van der Waals surface area (Å²) in [5.41, 5.74) is 3.65. The maximum absolute atomic E-state index is 11.4. The van der Waals surface area contributed by atoms with Crippen molar-refractivity contribution in [2.45, 2.75) is 6.92 Å². The number of nitrogens with one attached hydrogen (secondary N) is 2. The van der Waals surface area contributed by atoms with Crippen molar-refractivity contribution in [3.05, 3.63) is 48.2 Å². The predicted molar refractivity (Wildman–Crippen MR) is 92.6 cm³/mol. The van der Waals surface area contributed by atoms with Crippen LogP contribution in [0, 0.1) is 0 Å². The van der Waals surface area contributed by atoms with Crippen LogP contribution in [0.1, 0.15) is 12.5 Å². The quantitative estimate of drug-likeness (QED) is 0.572. The molecule has 0 saturated carbocycles. The average Bonchev–Trinajstić information content (AvgIpc) is 2.61. The van der Waals surface area contributed by atoms with Crippen LogP contribution in [0.2, 0.25) is 0 Å². The lowest BCUT2D eigenvalue weighted by molar-refractivity contribution is -0.123. The first-order valence-corrected chi connectivity index (χ1v) is 7.50. The highest BCUT2D eigenvalue weighted by Crippen LogP contribution is 2.27. The van der Waals surface area contributed by atoms with Crippen molar-refractivity contribution in [2.75, 3.05) is 25.7 Å². The Morgan fingerprint density at radius 2 is 2.17 bits per heavy atom. The zero-order valence-electron chi connectivity index (χ0n) is 13.7. The van der Waals surface area contributed by atoms with E-state index in [1.807, 2.05) is 31.2 Å². The van der Waals surface area contributed by atoms with Gasteiger partial charge in [-0.1, -0.05) is 6.07 Å². The molecule has 7 heteroatoms. The molecule has 126 valence electrons. The molecule has 0 aliphatic heterocycles. The molecule has 2 N–H and O–H groups in total. The number of benzene rings is 1. The second kappa shape index (κ2) is 9.14. The summed E-state index contributed by atoms with van der Waals surface area (Å²) in [6.45, 7) is 2.36. The molecule has 1 aromatic carbocycles. The van der Waals surface area contributed by atoms with Crippen LogP contribution >= 0.6 is 0 Å². The number of aromatic nitrogens is 1. The number of hydrazone groups is 1. The van der Waals surface area contributed by atoms with Crippen molar-refractivity contribution in [2.24, 2.45) is 5.10 Å². The molecule has 2 rings (SSSR count). The highest BCUT2D eigenvalue weighted by atomic mass is 16.5. The van der Waals surface area contributed by atoms with Gasteiger partial charge in [0.25, 0.3) is 5.91 Å². The van der Waals surface area contributed by atoms with Gasteiger partial charge >= 0.3 is 0 Å². The van der Waals surface area contributed by atoms with Gasteiger partial charge in [-0.05, 0) is 42.8 Å². The van der Waals surface area contributed by atoms with E-state index in [9.17, 15) is 4.79 Å². The monoisotopic (exact) mass is 328 g/mol. The fourth-order valence-electron chi connectivity index (χ4n) is 1.88. The minimum atomic E-state index is -0.176. The number of methoxy groups -OCH3 is 1. The number of nitrogens with zero attached hydrogens (tertiary/aromatic N) is 2. The number of rotatable bonds is 8. The third-order valence-electron chi connectivity index (χ3n) is 2.98. The van der Waals surface area contributed by atoms with E-state index in [1.165, 1.54) is 0 Å². The average molecular weight is 328 g/mol. The van der Waals surface area contributed by atoms with Gasteiger partial charge in [0.2, 0.25) is 0 Å². The van der Waals surface area contributed by atoms with E-state index in [0.29, 0.717) is 23.9 Å². The number of hydrogen-bond donors (Lipinski definition) is 2. The van der Waals surface area contributed by atoms with E-state index in [1.54, 1.807) is 31.7 Å². The van der Waals surface area contributed by atoms with Crippen molar-refractivity contribution in [3.63, 3.8) is 0 Å². The van der Waals surface area contributed by atoms with Crippen molar-refractivity contribution in [3.8, 4) is 11.5 Å². The summed E-state index contributed by atoms with van der Waals surface area (Å²) in [6.07, 6.45) is 3.33. The van der Waals surface area contributed by atoms with Gasteiger partial charge in [-0.3, -0.25) is 10.2 Å². The van der Waals surface area contributed by atoms with Crippen LogP contribution in [0.3, 0.4) is 0 Å². The molecule has 2 aromatic rings. The van der Waals surface area contributed by atoms with Gasteiger partial charge in [0, 0.05) is 12.7 Å². The van der Waals surface area contributed by atoms with Crippen LogP contribution in [0.15, 0.2) is 47.7 Å². The first-order chi connectivity index (χ1) is 11.7. The third-order valence-corrected chi connectivity index (χ3v) is 2.98. The minimum Gasteiger partial charge on any atom is -0.493 e. The summed E-state index contributed by atoms with van der Waals surface area (Å²) >= 11 is 0. The van der Waals surface area contributed by atoms with Crippen molar-refractivity contribution < 1.29 is 14.3 Å². The summed E-state index contributed by atoms with van der Waals surface area (Å²) in [5.74, 6) is 1.51. The Bertz CT molecular complexity index is 689. The largest absolute Gasteiger partial charge is 0.493 e. The van der Waals surface area contributed by atoms with Crippen molar-refractivity contribution in [1.29, 1.82) is 0 Å². The Labute approximate surface area is 140 Å². The number of hydrogen-bond acceptors (Lipinski definition) is 6. The number of carbonyl (C=O) groups is 1. The van der Waals surface area contributed by atoms with E-state index in [0.717, 1.165) is 5.56 Å². The molecule has 1 heterocycles. The highest BCUT2D eigenvalue weighted by Gasteiger charge is 2.07. The molecular weight excluding hydrogens is 308 g/mol. The second-order valence-electron chi connectivity index (χ2n) is 4.74. The third kappa shape index (κ3) is 5.28. The summed E-state index contributed by atoms with van der Waals surface area (Å²) in [7, 11) is 1.54. The Balaban J connectivity index is 1.98. The zero-order valence-corrected chi connectivity index (χ0v) is 13.7. The molecule has 0 spiro atoms. The van der Waals surface area contributed by atoms with E-state index in [2.05, 4.69) is 20.8 Å². The highest BCUT2D eigenvalue weighted by molar-refractivity contribution is 5.81. The smallest absolute Gasteiger partial charge is 0.257 e. The maximum Gasteiger partial charge on any atom is 0.257 e. The number of ether oxygens (including phenoxy) is 2. The van der Waals surface area contributed by atoms with Gasteiger partial charge in [-0.25, -0.2) is 4.98 Å². The van der Waals surface area contributed by atoms with Gasteiger partial charge in [0.05, 0.1) is 13.3 Å². The molecule has 0 bridgehead atoms. The number of carbonyl (C=O) groups excluding carboxylic acids is 1. The van der Waals surface area contributed by atoms with Gasteiger partial charge in [0.15, 0.2) is 18.1 Å². The molecular formula is C17H20N4O3. The Morgan fingerprint density at radius 3 is 2.88 bits per heavy atom. The first kappa shape index (κ1) is 17.3. The molecule has 0 saturated heterocycles. The van der Waals surface area contributed by atoms with Crippen LogP contribution in [-0.4, -0.2) is 37.4 Å². The summed E-state index contributed by atoms with van der Waals surface area (Å²) < 4.78 is 10.8. The molecule has 0 aliphatic rings.